The van der Waals surface area contributed by atoms with Crippen molar-refractivity contribution in [3.8, 4) is 0 Å². The largest absolute Gasteiger partial charge is 0.301 e. The highest BCUT2D eigenvalue weighted by Gasteiger charge is 2.21. The van der Waals surface area contributed by atoms with Gasteiger partial charge in [0.2, 0.25) is 0 Å². The van der Waals surface area contributed by atoms with Gasteiger partial charge in [-0.2, -0.15) is 0 Å². The highest BCUT2D eigenvalue weighted by Crippen LogP contribution is 2.33. The highest BCUT2D eigenvalue weighted by atomic mass is 15.1. The summed E-state index contributed by atoms with van der Waals surface area (Å²) in [7, 11) is 0. The number of nitrogens with zero attached hydrogens (tertiary/aromatic N) is 1. The van der Waals surface area contributed by atoms with Crippen LogP contribution in [0.5, 0.6) is 0 Å². The molecule has 0 aliphatic heterocycles. The van der Waals surface area contributed by atoms with Gasteiger partial charge in [-0.1, -0.05) is 52.0 Å². The Morgan fingerprint density at radius 1 is 1.00 bits per heavy atom. The summed E-state index contributed by atoms with van der Waals surface area (Å²) in [5.41, 5.74) is 6.23. The molecule has 1 unspecified atom stereocenters. The van der Waals surface area contributed by atoms with Crippen LogP contribution in [-0.2, 0) is 12.8 Å². The van der Waals surface area contributed by atoms with Crippen molar-refractivity contribution in [1.82, 2.24) is 4.90 Å². The van der Waals surface area contributed by atoms with E-state index < -0.39 is 0 Å². The molecule has 21 heavy (non-hydrogen) atoms. The molecule has 0 spiro atoms. The third-order valence-corrected chi connectivity index (χ3v) is 4.81. The summed E-state index contributed by atoms with van der Waals surface area (Å²) in [5, 5.41) is 0. The predicted octanol–water partition coefficient (Wildman–Crippen LogP) is 5.09. The molecule has 0 bridgehead atoms. The third-order valence-electron chi connectivity index (χ3n) is 4.81. The highest BCUT2D eigenvalue weighted by molar-refractivity contribution is 5.77. The maximum atomic E-state index is 2.64. The molecule has 0 saturated heterocycles. The Hall–Kier alpha value is -1.08. The van der Waals surface area contributed by atoms with Crippen molar-refractivity contribution in [3.05, 3.63) is 41.0 Å². The lowest BCUT2D eigenvalue weighted by atomic mass is 9.99. The number of benzene rings is 1. The molecule has 0 aromatic heterocycles. The van der Waals surface area contributed by atoms with Crippen molar-refractivity contribution in [2.75, 3.05) is 13.1 Å². The fourth-order valence-electron chi connectivity index (χ4n) is 3.48. The van der Waals surface area contributed by atoms with E-state index in [9.17, 15) is 0 Å². The monoisotopic (exact) mass is 285 g/mol. The minimum atomic E-state index is 0.783. The summed E-state index contributed by atoms with van der Waals surface area (Å²) in [6.07, 6.45) is 8.72. The van der Waals surface area contributed by atoms with Crippen LogP contribution in [0.15, 0.2) is 24.3 Å². The van der Waals surface area contributed by atoms with Crippen molar-refractivity contribution in [2.45, 2.75) is 65.8 Å². The Morgan fingerprint density at radius 3 is 2.19 bits per heavy atom. The molecule has 1 nitrogen and oxygen atoms in total. The van der Waals surface area contributed by atoms with Crippen LogP contribution < -0.4 is 0 Å². The van der Waals surface area contributed by atoms with E-state index in [1.54, 1.807) is 16.7 Å². The van der Waals surface area contributed by atoms with Gasteiger partial charge in [0.25, 0.3) is 0 Å². The number of fused-ring (bicyclic) bond motifs is 1. The Balaban J connectivity index is 0.000000774. The van der Waals surface area contributed by atoms with E-state index >= 15 is 0 Å². The van der Waals surface area contributed by atoms with Crippen LogP contribution in [0, 0.1) is 0 Å². The molecule has 0 saturated carbocycles. The lowest BCUT2D eigenvalue weighted by Crippen LogP contribution is -2.35. The minimum absolute atomic E-state index is 0.783. The second kappa shape index (κ2) is 7.79. The Kier molecular flexibility index (Phi) is 6.05. The van der Waals surface area contributed by atoms with Crippen LogP contribution in [0.25, 0.3) is 5.57 Å². The van der Waals surface area contributed by atoms with Crippen molar-refractivity contribution in [3.63, 3.8) is 0 Å². The first-order chi connectivity index (χ1) is 10.3. The van der Waals surface area contributed by atoms with E-state index in [0.29, 0.717) is 0 Å². The summed E-state index contributed by atoms with van der Waals surface area (Å²) >= 11 is 0. The standard InChI is InChI=1S/C18H25N.C2H6/c1-3-19(4-2)18-11-9-15-7-8-16(14-5-6-14)13-17(15)10-12-18;1-2/h5,7-8,13,18H,3-4,6,9-12H2,1-2H3;1-2H3. The zero-order valence-electron chi connectivity index (χ0n) is 14.3. The Labute approximate surface area is 131 Å². The number of hydrogen-bond acceptors (Lipinski definition) is 1. The van der Waals surface area contributed by atoms with E-state index in [2.05, 4.69) is 43.0 Å². The summed E-state index contributed by atoms with van der Waals surface area (Å²) in [4.78, 5) is 2.64. The van der Waals surface area contributed by atoms with Gasteiger partial charge >= 0.3 is 0 Å². The van der Waals surface area contributed by atoms with Crippen molar-refractivity contribution in [2.24, 2.45) is 0 Å². The molecule has 1 heteroatoms. The lowest BCUT2D eigenvalue weighted by molar-refractivity contribution is 0.199. The smallest absolute Gasteiger partial charge is 0.0101 e. The Bertz CT molecular complexity index is 483. The van der Waals surface area contributed by atoms with Crippen LogP contribution in [0.2, 0.25) is 0 Å². The molecule has 0 fully saturated rings. The second-order valence-corrected chi connectivity index (χ2v) is 5.87. The zero-order valence-corrected chi connectivity index (χ0v) is 14.3. The molecule has 0 heterocycles. The zero-order chi connectivity index (χ0) is 15.2. The minimum Gasteiger partial charge on any atom is -0.301 e. The number of allylic oxidation sites excluding steroid dienone is 2. The SMILES string of the molecule is CC.CCN(CC)C1CCc2ccc(C3=CC3)cc2CC1. The normalized spacial score (nSPS) is 20.0. The molecule has 3 rings (SSSR count). The maximum absolute atomic E-state index is 2.64. The van der Waals surface area contributed by atoms with Crippen molar-refractivity contribution in [1.29, 1.82) is 0 Å². The van der Waals surface area contributed by atoms with Gasteiger partial charge in [0.05, 0.1) is 0 Å². The quantitative estimate of drug-likeness (QED) is 0.697. The van der Waals surface area contributed by atoms with Gasteiger partial charge in [0, 0.05) is 6.04 Å². The molecular weight excluding hydrogens is 254 g/mol. The molecule has 0 amide bonds. The predicted molar refractivity (Wildman–Crippen MR) is 93.7 cm³/mol. The van der Waals surface area contributed by atoms with E-state index in [1.165, 1.54) is 50.8 Å². The van der Waals surface area contributed by atoms with Gasteiger partial charge in [0.1, 0.15) is 0 Å². The van der Waals surface area contributed by atoms with Crippen LogP contribution in [0.3, 0.4) is 0 Å². The molecular formula is C20H31N. The molecule has 0 radical (unpaired) electrons. The Morgan fingerprint density at radius 2 is 1.62 bits per heavy atom. The summed E-state index contributed by atoms with van der Waals surface area (Å²) in [6, 6.07) is 7.95. The van der Waals surface area contributed by atoms with Crippen LogP contribution in [-0.4, -0.2) is 24.0 Å². The van der Waals surface area contributed by atoms with Crippen molar-refractivity contribution < 1.29 is 0 Å². The maximum Gasteiger partial charge on any atom is 0.0101 e. The topological polar surface area (TPSA) is 3.24 Å². The van der Waals surface area contributed by atoms with E-state index in [-0.39, 0.29) is 0 Å². The summed E-state index contributed by atoms with van der Waals surface area (Å²) in [6.45, 7) is 11.0. The van der Waals surface area contributed by atoms with Gasteiger partial charge in [-0.05, 0) is 67.5 Å². The van der Waals surface area contributed by atoms with Gasteiger partial charge in [0.15, 0.2) is 0 Å². The van der Waals surface area contributed by atoms with E-state index in [0.717, 1.165) is 6.04 Å². The molecule has 2 aliphatic rings. The number of aryl methyl sites for hydroxylation is 2. The summed E-state index contributed by atoms with van der Waals surface area (Å²) < 4.78 is 0. The molecule has 116 valence electrons. The number of hydrogen-bond donors (Lipinski definition) is 0. The van der Waals surface area contributed by atoms with Crippen LogP contribution in [0.1, 0.15) is 63.6 Å². The first kappa shape index (κ1) is 16.3. The van der Waals surface area contributed by atoms with Crippen molar-refractivity contribution >= 4 is 5.57 Å². The van der Waals surface area contributed by atoms with E-state index in [1.807, 2.05) is 13.8 Å². The fraction of sp³-hybridized carbons (Fsp3) is 0.600. The first-order valence-corrected chi connectivity index (χ1v) is 8.87. The molecule has 0 N–H and O–H groups in total. The first-order valence-electron chi connectivity index (χ1n) is 8.87. The molecule has 1 atom stereocenters. The van der Waals surface area contributed by atoms with Crippen LogP contribution in [0.4, 0.5) is 0 Å². The lowest BCUT2D eigenvalue weighted by Gasteiger charge is -2.28. The molecule has 1 aromatic rings. The number of rotatable bonds is 4. The average Bonchev–Trinajstić information content (AvgIpc) is 3.37. The van der Waals surface area contributed by atoms with Gasteiger partial charge in [-0.25, -0.2) is 0 Å². The van der Waals surface area contributed by atoms with Crippen LogP contribution >= 0.6 is 0 Å². The third kappa shape index (κ3) is 3.97. The fourth-order valence-corrected chi connectivity index (χ4v) is 3.48. The molecule has 1 aromatic carbocycles. The van der Waals surface area contributed by atoms with Gasteiger partial charge in [-0.15, -0.1) is 0 Å². The second-order valence-electron chi connectivity index (χ2n) is 5.87. The van der Waals surface area contributed by atoms with Gasteiger partial charge < -0.3 is 4.90 Å². The van der Waals surface area contributed by atoms with Gasteiger partial charge in [-0.3, -0.25) is 0 Å². The molecule has 2 aliphatic carbocycles. The van der Waals surface area contributed by atoms with E-state index in [4.69, 9.17) is 0 Å². The average molecular weight is 285 g/mol. The summed E-state index contributed by atoms with van der Waals surface area (Å²) in [5.74, 6) is 0.